The zero-order chi connectivity index (χ0) is 17.9. The number of rotatable bonds is 3. The molecule has 2 aliphatic carbocycles. The monoisotopic (exact) mass is 423 g/mol. The molecule has 0 N–H and O–H groups in total. The molecule has 25 heavy (non-hydrogen) atoms. The predicted molar refractivity (Wildman–Crippen MR) is 91.1 cm³/mol. The summed E-state index contributed by atoms with van der Waals surface area (Å²) < 4.78 is 6.05. The number of hydrogen-bond donors (Lipinski definition) is 0. The van der Waals surface area contributed by atoms with Crippen LogP contribution in [-0.2, 0) is 19.2 Å². The van der Waals surface area contributed by atoms with Crippen molar-refractivity contribution < 1.29 is 19.2 Å². The van der Waals surface area contributed by atoms with Crippen molar-refractivity contribution in [2.24, 2.45) is 23.7 Å². The Balaban J connectivity index is 1.57. The molecule has 5 aliphatic rings. The Labute approximate surface area is 163 Å². The van der Waals surface area contributed by atoms with E-state index < -0.39 is 45.6 Å². The number of amides is 2. The van der Waals surface area contributed by atoms with E-state index in [1.54, 1.807) is 0 Å². The third-order valence-corrected chi connectivity index (χ3v) is 8.78. The summed E-state index contributed by atoms with van der Waals surface area (Å²) in [6.07, 6.45) is 0.806. The number of halogens is 4. The number of alkyl halides is 2. The van der Waals surface area contributed by atoms with E-state index in [0.29, 0.717) is 16.5 Å². The number of fused-ring (bicyclic) bond motifs is 12. The van der Waals surface area contributed by atoms with Crippen molar-refractivity contribution in [3.63, 3.8) is 0 Å². The molecule has 5 rings (SSSR count). The van der Waals surface area contributed by atoms with Gasteiger partial charge in [-0.15, -0.1) is 29.8 Å². The van der Waals surface area contributed by atoms with Gasteiger partial charge in [-0.25, -0.2) is 0 Å². The maximum absolute atomic E-state index is 12.7. The van der Waals surface area contributed by atoms with Gasteiger partial charge in [0.05, 0.1) is 50.5 Å². The first-order valence-electron chi connectivity index (χ1n) is 7.98. The smallest absolute Gasteiger partial charge is 0.260 e. The second-order valence-corrected chi connectivity index (χ2v) is 9.36. The molecular weight excluding hydrogens is 412 g/mol. The zero-order valence-electron chi connectivity index (χ0n) is 12.8. The van der Waals surface area contributed by atoms with Crippen LogP contribution in [0, 0.1) is 23.7 Å². The standard InChI is InChI=1S/C16H13Cl4NO4/c1-2-3-24-21-13(22)5-6(14(21)23)10-8-7(9(5)25-10)15(19)4-16(8,20)12(18)11(15)17/h2,5-10H,1,3-4H2/t5-,6+,7-,8?,9+,10-,15-,16?/m0/s1. The van der Waals surface area contributed by atoms with Gasteiger partial charge in [-0.3, -0.25) is 14.4 Å². The van der Waals surface area contributed by atoms with Crippen LogP contribution < -0.4 is 0 Å². The van der Waals surface area contributed by atoms with Gasteiger partial charge in [0, 0.05) is 11.8 Å². The molecule has 134 valence electrons. The second kappa shape index (κ2) is 4.94. The Hall–Kier alpha value is -0.300. The number of allylic oxidation sites excluding steroid dienone is 2. The number of hydroxylamine groups is 2. The molecule has 2 amide bonds. The van der Waals surface area contributed by atoms with Crippen molar-refractivity contribution in [2.75, 3.05) is 6.61 Å². The summed E-state index contributed by atoms with van der Waals surface area (Å²) in [4.78, 5) is 28.8. The maximum atomic E-state index is 12.7. The lowest BCUT2D eigenvalue weighted by atomic mass is 9.65. The average Bonchev–Trinajstić information content (AvgIpc) is 3.29. The van der Waals surface area contributed by atoms with Crippen molar-refractivity contribution in [3.05, 3.63) is 22.7 Å². The van der Waals surface area contributed by atoms with Gasteiger partial charge in [0.25, 0.3) is 11.8 Å². The van der Waals surface area contributed by atoms with Crippen LogP contribution in [-0.4, -0.2) is 45.4 Å². The minimum absolute atomic E-state index is 0.0675. The van der Waals surface area contributed by atoms with Crippen molar-refractivity contribution in [1.29, 1.82) is 0 Å². The number of hydrogen-bond acceptors (Lipinski definition) is 4. The topological polar surface area (TPSA) is 55.8 Å². The van der Waals surface area contributed by atoms with E-state index in [9.17, 15) is 9.59 Å². The molecule has 9 heteroatoms. The summed E-state index contributed by atoms with van der Waals surface area (Å²) in [6, 6.07) is 0. The molecule has 0 aromatic carbocycles. The van der Waals surface area contributed by atoms with Crippen LogP contribution in [0.1, 0.15) is 6.42 Å². The minimum Gasteiger partial charge on any atom is -0.373 e. The first-order valence-corrected chi connectivity index (χ1v) is 9.49. The molecular formula is C16H13Cl4NO4. The molecule has 0 radical (unpaired) electrons. The molecule has 1 saturated carbocycles. The zero-order valence-corrected chi connectivity index (χ0v) is 15.8. The molecule has 0 aromatic heterocycles. The van der Waals surface area contributed by atoms with Gasteiger partial charge < -0.3 is 4.74 Å². The normalized spacial score (nSPS) is 52.4. The molecule has 2 unspecified atom stereocenters. The maximum Gasteiger partial charge on any atom is 0.260 e. The van der Waals surface area contributed by atoms with E-state index in [1.807, 2.05) is 0 Å². The second-order valence-electron chi connectivity index (χ2n) is 7.25. The molecule has 3 heterocycles. The van der Waals surface area contributed by atoms with Crippen molar-refractivity contribution in [3.8, 4) is 0 Å². The lowest BCUT2D eigenvalue weighted by molar-refractivity contribution is -0.189. The number of carbonyl (C=O) groups excluding carboxylic acids is 2. The summed E-state index contributed by atoms with van der Waals surface area (Å²) in [5.74, 6) is -2.57. The van der Waals surface area contributed by atoms with Crippen LogP contribution in [0.3, 0.4) is 0 Å². The number of nitrogens with zero attached hydrogens (tertiary/aromatic N) is 1. The van der Waals surface area contributed by atoms with Crippen LogP contribution >= 0.6 is 46.4 Å². The molecule has 5 nitrogen and oxygen atoms in total. The number of imide groups is 1. The van der Waals surface area contributed by atoms with Crippen molar-refractivity contribution >= 4 is 58.2 Å². The fraction of sp³-hybridized carbons (Fsp3) is 0.625. The Morgan fingerprint density at radius 1 is 1.12 bits per heavy atom. The minimum atomic E-state index is -0.950. The van der Waals surface area contributed by atoms with Gasteiger partial charge in [-0.2, -0.15) is 5.06 Å². The van der Waals surface area contributed by atoms with Crippen LogP contribution in [0.4, 0.5) is 0 Å². The van der Waals surface area contributed by atoms with E-state index >= 15 is 0 Å². The molecule has 8 atom stereocenters. The molecule has 3 saturated heterocycles. The highest BCUT2D eigenvalue weighted by atomic mass is 35.5. The number of ether oxygens (including phenoxy) is 1. The van der Waals surface area contributed by atoms with Gasteiger partial charge >= 0.3 is 0 Å². The van der Waals surface area contributed by atoms with E-state index in [4.69, 9.17) is 56.0 Å². The van der Waals surface area contributed by atoms with Crippen LogP contribution in [0.15, 0.2) is 22.7 Å². The van der Waals surface area contributed by atoms with Gasteiger partial charge in [0.2, 0.25) is 0 Å². The van der Waals surface area contributed by atoms with Crippen LogP contribution in [0.2, 0.25) is 0 Å². The Kier molecular flexibility index (Phi) is 3.33. The van der Waals surface area contributed by atoms with Gasteiger partial charge in [-0.1, -0.05) is 29.3 Å². The Bertz CT molecular complexity index is 717. The highest BCUT2D eigenvalue weighted by Crippen LogP contribution is 2.75. The summed E-state index contributed by atoms with van der Waals surface area (Å²) in [5.41, 5.74) is 0. The van der Waals surface area contributed by atoms with Crippen LogP contribution in [0.5, 0.6) is 0 Å². The average molecular weight is 425 g/mol. The first-order chi connectivity index (χ1) is 11.8. The summed E-state index contributed by atoms with van der Waals surface area (Å²) in [5, 5.41) is 1.49. The fourth-order valence-electron chi connectivity index (χ4n) is 5.52. The molecule has 0 aromatic rings. The molecule has 3 aliphatic heterocycles. The SMILES string of the molecule is C=CCON1C(=O)[C@@H]2[C@H]3O[C@H](C4[C@@H]3[C@@]3(Cl)CC4(Cl)C(Cl)=C3Cl)[C@@H]2C1=O. The van der Waals surface area contributed by atoms with Gasteiger partial charge in [0.1, 0.15) is 0 Å². The molecule has 4 bridgehead atoms. The quantitative estimate of drug-likeness (QED) is 0.397. The largest absolute Gasteiger partial charge is 0.373 e. The summed E-state index contributed by atoms with van der Waals surface area (Å²) in [6.45, 7) is 3.59. The first kappa shape index (κ1) is 16.8. The van der Waals surface area contributed by atoms with E-state index in [1.165, 1.54) is 6.08 Å². The Morgan fingerprint density at radius 2 is 1.60 bits per heavy atom. The van der Waals surface area contributed by atoms with E-state index in [2.05, 4.69) is 6.58 Å². The highest BCUT2D eigenvalue weighted by molar-refractivity contribution is 6.51. The van der Waals surface area contributed by atoms with Crippen molar-refractivity contribution in [1.82, 2.24) is 5.06 Å². The van der Waals surface area contributed by atoms with E-state index in [0.717, 1.165) is 5.06 Å². The number of carbonyl (C=O) groups is 2. The Morgan fingerprint density at radius 3 is 2.04 bits per heavy atom. The van der Waals surface area contributed by atoms with Gasteiger partial charge in [0.15, 0.2) is 0 Å². The summed E-state index contributed by atoms with van der Waals surface area (Å²) in [7, 11) is 0. The third kappa shape index (κ3) is 1.67. The molecule has 0 spiro atoms. The highest BCUT2D eigenvalue weighted by Gasteiger charge is 2.82. The summed E-state index contributed by atoms with van der Waals surface area (Å²) >= 11 is 26.4. The van der Waals surface area contributed by atoms with Crippen LogP contribution in [0.25, 0.3) is 0 Å². The fourth-order valence-corrected chi connectivity index (χ4v) is 7.54. The van der Waals surface area contributed by atoms with E-state index in [-0.39, 0.29) is 18.4 Å². The lowest BCUT2D eigenvalue weighted by Crippen LogP contribution is -2.50. The van der Waals surface area contributed by atoms with Crippen molar-refractivity contribution in [2.45, 2.75) is 28.4 Å². The lowest BCUT2D eigenvalue weighted by Gasteiger charge is -2.40. The third-order valence-electron chi connectivity index (χ3n) is 6.29. The molecule has 4 fully saturated rings. The van der Waals surface area contributed by atoms with Gasteiger partial charge in [-0.05, 0) is 6.42 Å². The predicted octanol–water partition coefficient (Wildman–Crippen LogP) is 2.78.